The van der Waals surface area contributed by atoms with Gasteiger partial charge in [0.25, 0.3) is 0 Å². The normalized spacial score (nSPS) is 14.8. The molecule has 0 spiro atoms. The summed E-state index contributed by atoms with van der Waals surface area (Å²) in [6.07, 6.45) is 3.91. The average molecular weight is 271 g/mol. The Labute approximate surface area is 123 Å². The van der Waals surface area contributed by atoms with Gasteiger partial charge in [-0.15, -0.1) is 0 Å². The van der Waals surface area contributed by atoms with E-state index in [4.69, 9.17) is 0 Å². The Morgan fingerprint density at radius 1 is 0.737 bits per heavy atom. The van der Waals surface area contributed by atoms with Crippen LogP contribution in [0.4, 0.5) is 0 Å². The number of hydrogen-bond donors (Lipinski definition) is 0. The molecule has 0 bridgehead atoms. The second-order valence-corrected chi connectivity index (χ2v) is 10.1. The molecule has 0 saturated heterocycles. The third kappa shape index (κ3) is 9.49. The van der Waals surface area contributed by atoms with Gasteiger partial charge in [-0.05, 0) is 18.3 Å². The van der Waals surface area contributed by atoms with Crippen molar-refractivity contribution < 1.29 is 4.48 Å². The number of hydrogen-bond acceptors (Lipinski definition) is 0. The maximum absolute atomic E-state index is 2.44. The number of nitrogens with zero attached hydrogens (tertiary/aromatic N) is 1. The molecule has 0 atom stereocenters. The van der Waals surface area contributed by atoms with Crippen LogP contribution in [0.25, 0.3) is 0 Å². The molecule has 0 aliphatic carbocycles. The van der Waals surface area contributed by atoms with Gasteiger partial charge in [-0.3, -0.25) is 0 Å². The molecule has 0 saturated carbocycles. The van der Waals surface area contributed by atoms with Crippen LogP contribution in [-0.4, -0.2) is 31.7 Å². The summed E-state index contributed by atoms with van der Waals surface area (Å²) in [7, 11) is 4.81. The molecule has 0 amide bonds. The van der Waals surface area contributed by atoms with Crippen LogP contribution in [0.1, 0.15) is 74.7 Å². The molecule has 0 aliphatic rings. The van der Waals surface area contributed by atoms with E-state index < -0.39 is 0 Å². The second kappa shape index (κ2) is 6.16. The fraction of sp³-hybridized carbons (Fsp3) is 1.00. The molecule has 0 aromatic carbocycles. The third-order valence-corrected chi connectivity index (χ3v) is 3.65. The van der Waals surface area contributed by atoms with Crippen LogP contribution in [0.5, 0.6) is 0 Å². The highest BCUT2D eigenvalue weighted by molar-refractivity contribution is 4.77. The molecule has 0 aromatic rings. The molecular formula is C18H40N+. The minimum Gasteiger partial charge on any atom is -0.328 e. The summed E-state index contributed by atoms with van der Waals surface area (Å²) < 4.78 is 1.14. The largest absolute Gasteiger partial charge is 0.328 e. The van der Waals surface area contributed by atoms with Gasteiger partial charge in [0.05, 0.1) is 27.2 Å². The Hall–Kier alpha value is -0.0400. The van der Waals surface area contributed by atoms with E-state index in [0.29, 0.717) is 16.2 Å². The van der Waals surface area contributed by atoms with Gasteiger partial charge in [0.2, 0.25) is 0 Å². The Bertz CT molecular complexity index is 266. The lowest BCUT2D eigenvalue weighted by Gasteiger charge is -2.43. The summed E-state index contributed by atoms with van der Waals surface area (Å²) in [5, 5.41) is 0. The molecule has 19 heavy (non-hydrogen) atoms. The highest BCUT2D eigenvalue weighted by atomic mass is 15.3. The van der Waals surface area contributed by atoms with Gasteiger partial charge < -0.3 is 4.48 Å². The van der Waals surface area contributed by atoms with Gasteiger partial charge in [-0.25, -0.2) is 0 Å². The topological polar surface area (TPSA) is 0 Å². The maximum Gasteiger partial charge on any atom is 0.0834 e. The summed E-state index contributed by atoms with van der Waals surface area (Å²) in [6.45, 7) is 21.6. The predicted molar refractivity (Wildman–Crippen MR) is 88.4 cm³/mol. The quantitative estimate of drug-likeness (QED) is 0.547. The highest BCUT2D eigenvalue weighted by Gasteiger charge is 2.35. The summed E-state index contributed by atoms with van der Waals surface area (Å²) in [5.41, 5.74) is 1.28. The molecular weight excluding hydrogens is 230 g/mol. The number of quaternary nitrogens is 1. The summed E-state index contributed by atoms with van der Waals surface area (Å²) in [5.74, 6) is 0. The van der Waals surface area contributed by atoms with Crippen molar-refractivity contribution >= 4 is 0 Å². The van der Waals surface area contributed by atoms with Crippen molar-refractivity contribution in [3.8, 4) is 0 Å². The molecule has 1 heteroatoms. The molecule has 0 radical (unpaired) electrons. The highest BCUT2D eigenvalue weighted by Crippen LogP contribution is 2.36. The van der Waals surface area contributed by atoms with E-state index in [-0.39, 0.29) is 0 Å². The van der Waals surface area contributed by atoms with Crippen molar-refractivity contribution in [2.45, 2.75) is 74.7 Å². The zero-order valence-corrected chi connectivity index (χ0v) is 15.5. The molecule has 0 fully saturated rings. The lowest BCUT2D eigenvalue weighted by Crippen LogP contribution is -2.51. The Kier molecular flexibility index (Phi) is 6.15. The van der Waals surface area contributed by atoms with Crippen LogP contribution in [0.3, 0.4) is 0 Å². The second-order valence-electron chi connectivity index (χ2n) is 10.1. The van der Waals surface area contributed by atoms with Crippen LogP contribution in [0.2, 0.25) is 0 Å². The van der Waals surface area contributed by atoms with Crippen LogP contribution in [-0.2, 0) is 0 Å². The first kappa shape index (κ1) is 19.0. The van der Waals surface area contributed by atoms with Crippen LogP contribution >= 0.6 is 0 Å². The maximum atomic E-state index is 2.44. The van der Waals surface area contributed by atoms with Gasteiger partial charge >= 0.3 is 0 Å². The predicted octanol–water partition coefficient (Wildman–Crippen LogP) is 5.35. The van der Waals surface area contributed by atoms with E-state index in [2.05, 4.69) is 69.5 Å². The summed E-state index contributed by atoms with van der Waals surface area (Å²) >= 11 is 0. The zero-order chi connectivity index (χ0) is 15.5. The molecule has 0 rings (SSSR count). The lowest BCUT2D eigenvalue weighted by molar-refractivity contribution is -0.902. The molecule has 0 unspecified atom stereocenters. The zero-order valence-electron chi connectivity index (χ0n) is 15.5. The third-order valence-electron chi connectivity index (χ3n) is 3.65. The first-order valence-corrected chi connectivity index (χ1v) is 8.00. The van der Waals surface area contributed by atoms with Gasteiger partial charge in [0, 0.05) is 10.8 Å². The van der Waals surface area contributed by atoms with Crippen molar-refractivity contribution in [1.29, 1.82) is 0 Å². The van der Waals surface area contributed by atoms with Crippen molar-refractivity contribution in [3.63, 3.8) is 0 Å². The Morgan fingerprint density at radius 2 is 1.16 bits per heavy atom. The van der Waals surface area contributed by atoms with Crippen molar-refractivity contribution in [2.75, 3.05) is 27.2 Å². The van der Waals surface area contributed by atoms with E-state index in [9.17, 15) is 0 Å². The molecule has 1 nitrogen and oxygen atoms in total. The van der Waals surface area contributed by atoms with Gasteiger partial charge in [0.15, 0.2) is 0 Å². The van der Waals surface area contributed by atoms with Crippen LogP contribution in [0, 0.1) is 16.2 Å². The fourth-order valence-corrected chi connectivity index (χ4v) is 4.62. The fourth-order valence-electron chi connectivity index (χ4n) is 4.62. The van der Waals surface area contributed by atoms with E-state index in [1.165, 1.54) is 32.4 Å². The lowest BCUT2D eigenvalue weighted by atomic mass is 9.75. The Balaban J connectivity index is 4.67. The van der Waals surface area contributed by atoms with Crippen LogP contribution < -0.4 is 0 Å². The minimum atomic E-state index is 0.407. The minimum absolute atomic E-state index is 0.407. The first-order chi connectivity index (χ1) is 8.18. The smallest absolute Gasteiger partial charge is 0.0834 e. The molecule has 0 aromatic heterocycles. The molecule has 0 aliphatic heterocycles. The first-order valence-electron chi connectivity index (χ1n) is 8.00. The average Bonchev–Trinajstić information content (AvgIpc) is 1.90. The molecule has 0 heterocycles. The van der Waals surface area contributed by atoms with E-state index in [1.807, 2.05) is 0 Å². The van der Waals surface area contributed by atoms with Crippen molar-refractivity contribution in [3.05, 3.63) is 0 Å². The van der Waals surface area contributed by atoms with E-state index in [0.717, 1.165) is 4.48 Å². The van der Waals surface area contributed by atoms with Crippen molar-refractivity contribution in [2.24, 2.45) is 16.2 Å². The van der Waals surface area contributed by atoms with Gasteiger partial charge in [-0.1, -0.05) is 61.8 Å². The van der Waals surface area contributed by atoms with Crippen molar-refractivity contribution in [1.82, 2.24) is 0 Å². The molecule has 0 N–H and O–H groups in total. The Morgan fingerprint density at radius 3 is 1.53 bits per heavy atom. The van der Waals surface area contributed by atoms with E-state index in [1.54, 1.807) is 0 Å². The van der Waals surface area contributed by atoms with Gasteiger partial charge in [0.1, 0.15) is 0 Å². The number of rotatable bonds is 7. The summed E-state index contributed by atoms with van der Waals surface area (Å²) in [4.78, 5) is 0. The van der Waals surface area contributed by atoms with Crippen LogP contribution in [0.15, 0.2) is 0 Å². The monoisotopic (exact) mass is 270 g/mol. The standard InChI is InChI=1S/C18H40N/c1-11-12-17(5,6)14-19(9,10)15-18(7,8)13-16(2,3)4/h11-15H2,1-10H3/q+1. The molecule has 116 valence electrons. The summed E-state index contributed by atoms with van der Waals surface area (Å²) in [6, 6.07) is 0. The van der Waals surface area contributed by atoms with Gasteiger partial charge in [-0.2, -0.15) is 0 Å². The SMILES string of the molecule is CCCC(C)(C)C[N+](C)(C)CC(C)(C)CC(C)(C)C. The van der Waals surface area contributed by atoms with E-state index >= 15 is 0 Å².